The van der Waals surface area contributed by atoms with Gasteiger partial charge in [-0.1, -0.05) is 38.0 Å². The van der Waals surface area contributed by atoms with Gasteiger partial charge < -0.3 is 15.2 Å². The van der Waals surface area contributed by atoms with E-state index >= 15 is 0 Å². The van der Waals surface area contributed by atoms with Crippen molar-refractivity contribution in [2.45, 2.75) is 58.8 Å². The van der Waals surface area contributed by atoms with Crippen molar-refractivity contribution in [3.63, 3.8) is 0 Å². The standard InChI is InChI=1S/C30H34N6OS/c1-30(2,13-10-20-6-4-3-5-7-20)29(37)36-14-11-21(12-15-36)25-17-23-27(31-18-32-28(23)35-25)34-22-8-9-24-26(16-22)38-19-33-24/h8-11,16-19H,3-7,12-15H2,1-2H3,(H2,31,32,34,35). The first-order chi connectivity index (χ1) is 18.5. The Morgan fingerprint density at radius 1 is 1.13 bits per heavy atom. The number of hydrogen-bond donors (Lipinski definition) is 2. The Balaban J connectivity index is 1.15. The topological polar surface area (TPSA) is 86.8 Å². The van der Waals surface area contributed by atoms with Crippen molar-refractivity contribution >= 4 is 55.6 Å². The van der Waals surface area contributed by atoms with Crippen molar-refractivity contribution < 1.29 is 4.79 Å². The minimum atomic E-state index is -0.380. The summed E-state index contributed by atoms with van der Waals surface area (Å²) < 4.78 is 1.13. The molecule has 2 aliphatic rings. The Morgan fingerprint density at radius 2 is 2.00 bits per heavy atom. The monoisotopic (exact) mass is 526 g/mol. The number of fused-ring (bicyclic) bond motifs is 2. The molecule has 0 unspecified atom stereocenters. The maximum absolute atomic E-state index is 13.4. The third-order valence-electron chi connectivity index (χ3n) is 7.84. The summed E-state index contributed by atoms with van der Waals surface area (Å²) in [7, 11) is 0. The number of carbonyl (C=O) groups excluding carboxylic acids is 1. The number of nitrogens with one attached hydrogen (secondary N) is 2. The van der Waals surface area contributed by atoms with Crippen LogP contribution in [0.1, 0.15) is 64.5 Å². The van der Waals surface area contributed by atoms with Crippen molar-refractivity contribution in [1.29, 1.82) is 0 Å². The molecule has 1 fully saturated rings. The largest absolute Gasteiger partial charge is 0.340 e. The molecule has 1 aliphatic heterocycles. The zero-order chi connectivity index (χ0) is 26.1. The van der Waals surface area contributed by atoms with E-state index < -0.39 is 0 Å². The first-order valence-electron chi connectivity index (χ1n) is 13.6. The van der Waals surface area contributed by atoms with Crippen LogP contribution in [0.25, 0.3) is 26.8 Å². The van der Waals surface area contributed by atoms with E-state index in [1.165, 1.54) is 43.3 Å². The van der Waals surface area contributed by atoms with Crippen LogP contribution in [0.5, 0.6) is 0 Å². The second-order valence-corrected chi connectivity index (χ2v) is 12.0. The van der Waals surface area contributed by atoms with Gasteiger partial charge in [0.15, 0.2) is 0 Å². The number of hydrogen-bond acceptors (Lipinski definition) is 6. The van der Waals surface area contributed by atoms with Crippen molar-refractivity contribution in [3.05, 3.63) is 59.5 Å². The average Bonchev–Trinajstić information content (AvgIpc) is 3.60. The summed E-state index contributed by atoms with van der Waals surface area (Å²) in [5.74, 6) is 1.01. The van der Waals surface area contributed by atoms with E-state index in [1.807, 2.05) is 22.5 Å². The quantitative estimate of drug-likeness (QED) is 0.259. The number of nitrogens with zero attached hydrogens (tertiary/aromatic N) is 4. The Bertz CT molecular complexity index is 1540. The summed E-state index contributed by atoms with van der Waals surface area (Å²) in [5, 5.41) is 4.40. The second kappa shape index (κ2) is 10.3. The fourth-order valence-corrected chi connectivity index (χ4v) is 6.22. The summed E-state index contributed by atoms with van der Waals surface area (Å²) in [6.45, 7) is 5.54. The van der Waals surface area contributed by atoms with Crippen LogP contribution in [0.4, 0.5) is 11.5 Å². The molecule has 0 spiro atoms. The highest BCUT2D eigenvalue weighted by molar-refractivity contribution is 7.16. The zero-order valence-corrected chi connectivity index (χ0v) is 22.9. The summed E-state index contributed by atoms with van der Waals surface area (Å²) in [6.07, 6.45) is 14.1. The van der Waals surface area contributed by atoms with Crippen LogP contribution in [-0.2, 0) is 4.79 Å². The van der Waals surface area contributed by atoms with Crippen LogP contribution in [0.2, 0.25) is 0 Å². The molecular weight excluding hydrogens is 492 g/mol. The smallest absolute Gasteiger partial charge is 0.228 e. The Kier molecular flexibility index (Phi) is 6.74. The number of allylic oxidation sites excluding steroid dienone is 2. The van der Waals surface area contributed by atoms with Gasteiger partial charge in [-0.3, -0.25) is 4.79 Å². The molecule has 1 saturated carbocycles. The van der Waals surface area contributed by atoms with E-state index in [2.05, 4.69) is 63.4 Å². The third kappa shape index (κ3) is 5.10. The second-order valence-electron chi connectivity index (χ2n) is 11.1. The van der Waals surface area contributed by atoms with Gasteiger partial charge in [0.2, 0.25) is 5.91 Å². The molecular formula is C30H34N6OS. The molecule has 8 heteroatoms. The summed E-state index contributed by atoms with van der Waals surface area (Å²) in [6, 6.07) is 8.25. The average molecular weight is 527 g/mol. The number of thiazole rings is 1. The maximum atomic E-state index is 13.4. The molecule has 1 aromatic carbocycles. The van der Waals surface area contributed by atoms with Gasteiger partial charge in [-0.15, -0.1) is 11.3 Å². The highest BCUT2D eigenvalue weighted by Crippen LogP contribution is 2.33. The van der Waals surface area contributed by atoms with Crippen LogP contribution in [-0.4, -0.2) is 43.8 Å². The molecule has 0 saturated heterocycles. The van der Waals surface area contributed by atoms with Crippen LogP contribution in [0.3, 0.4) is 0 Å². The number of aromatic amines is 1. The molecule has 1 amide bonds. The Hall–Kier alpha value is -3.52. The summed E-state index contributed by atoms with van der Waals surface area (Å²) in [5.41, 5.74) is 8.04. The summed E-state index contributed by atoms with van der Waals surface area (Å²) in [4.78, 5) is 32.2. The maximum Gasteiger partial charge on any atom is 0.228 e. The van der Waals surface area contributed by atoms with E-state index in [9.17, 15) is 4.79 Å². The van der Waals surface area contributed by atoms with Crippen molar-refractivity contribution in [2.75, 3.05) is 18.4 Å². The Labute approximate surface area is 227 Å². The highest BCUT2D eigenvalue weighted by Gasteiger charge is 2.32. The number of carbonyl (C=O) groups is 1. The van der Waals surface area contributed by atoms with Crippen LogP contribution < -0.4 is 5.32 Å². The van der Waals surface area contributed by atoms with Gasteiger partial charge in [-0.25, -0.2) is 15.0 Å². The van der Waals surface area contributed by atoms with Crippen LogP contribution in [0, 0.1) is 5.41 Å². The molecule has 38 heavy (non-hydrogen) atoms. The molecule has 6 rings (SSSR count). The summed E-state index contributed by atoms with van der Waals surface area (Å²) >= 11 is 1.62. The molecule has 0 radical (unpaired) electrons. The number of amides is 1. The number of H-pyrrole nitrogens is 1. The molecule has 7 nitrogen and oxygen atoms in total. The van der Waals surface area contributed by atoms with Crippen LogP contribution in [0.15, 0.2) is 53.8 Å². The fourth-order valence-electron chi connectivity index (χ4n) is 5.51. The van der Waals surface area contributed by atoms with Gasteiger partial charge in [0.05, 0.1) is 21.1 Å². The SMILES string of the molecule is CC(C)(CC=C1CCCCC1)C(=O)N1CC=C(c2cc3c(Nc4ccc5ncsc5c4)ncnc3[nH]2)CC1. The fraction of sp³-hybridized carbons (Fsp3) is 0.400. The zero-order valence-electron chi connectivity index (χ0n) is 22.1. The van der Waals surface area contributed by atoms with Gasteiger partial charge in [-0.05, 0) is 68.4 Å². The molecule has 4 aromatic rings. The van der Waals surface area contributed by atoms with Crippen molar-refractivity contribution in [3.8, 4) is 0 Å². The van der Waals surface area contributed by atoms with E-state index in [-0.39, 0.29) is 11.3 Å². The van der Waals surface area contributed by atoms with E-state index in [0.29, 0.717) is 6.54 Å². The lowest BCUT2D eigenvalue weighted by molar-refractivity contribution is -0.139. The lowest BCUT2D eigenvalue weighted by Gasteiger charge is -2.33. The van der Waals surface area contributed by atoms with Gasteiger partial charge in [0.25, 0.3) is 0 Å². The third-order valence-corrected chi connectivity index (χ3v) is 8.63. The van der Waals surface area contributed by atoms with E-state index in [1.54, 1.807) is 17.7 Å². The highest BCUT2D eigenvalue weighted by atomic mass is 32.1. The molecule has 0 atom stereocenters. The molecule has 196 valence electrons. The normalized spacial score (nSPS) is 16.6. The lowest BCUT2D eigenvalue weighted by Crippen LogP contribution is -2.42. The number of anilines is 2. The minimum absolute atomic E-state index is 0.243. The Morgan fingerprint density at radius 3 is 2.82 bits per heavy atom. The molecule has 0 bridgehead atoms. The van der Waals surface area contributed by atoms with E-state index in [4.69, 9.17) is 0 Å². The van der Waals surface area contributed by atoms with Gasteiger partial charge in [0, 0.05) is 29.9 Å². The van der Waals surface area contributed by atoms with Gasteiger partial charge in [-0.2, -0.15) is 0 Å². The first kappa shape index (κ1) is 24.8. The number of benzene rings is 1. The predicted octanol–water partition coefficient (Wildman–Crippen LogP) is 7.23. The minimum Gasteiger partial charge on any atom is -0.340 e. The molecule has 1 aliphatic carbocycles. The first-order valence-corrected chi connectivity index (χ1v) is 14.4. The van der Waals surface area contributed by atoms with Gasteiger partial charge in [0.1, 0.15) is 17.8 Å². The van der Waals surface area contributed by atoms with Crippen molar-refractivity contribution in [2.24, 2.45) is 5.41 Å². The lowest BCUT2D eigenvalue weighted by atomic mass is 9.84. The van der Waals surface area contributed by atoms with Crippen molar-refractivity contribution in [1.82, 2.24) is 24.8 Å². The molecule has 3 aromatic heterocycles. The van der Waals surface area contributed by atoms with E-state index in [0.717, 1.165) is 57.8 Å². The molecule has 2 N–H and O–H groups in total. The predicted molar refractivity (Wildman–Crippen MR) is 156 cm³/mol. The number of aromatic nitrogens is 4. The number of rotatable bonds is 6. The molecule has 4 heterocycles. The van der Waals surface area contributed by atoms with Crippen LogP contribution >= 0.6 is 11.3 Å². The van der Waals surface area contributed by atoms with Gasteiger partial charge >= 0.3 is 0 Å².